The lowest BCUT2D eigenvalue weighted by atomic mass is 10.1. The molecule has 2 aromatic heterocycles. The molecule has 5 heteroatoms. The van der Waals surface area contributed by atoms with Gasteiger partial charge in [0, 0.05) is 24.0 Å². The average molecular weight is 292 g/mol. The topological polar surface area (TPSA) is 47.8 Å². The molecule has 0 radical (unpaired) electrons. The van der Waals surface area contributed by atoms with E-state index < -0.39 is 0 Å². The first-order chi connectivity index (χ1) is 9.58. The highest BCUT2D eigenvalue weighted by atomic mass is 35.5. The minimum absolute atomic E-state index is 0.0229. The van der Waals surface area contributed by atoms with Crippen LogP contribution in [0.15, 0.2) is 18.3 Å². The third kappa shape index (κ3) is 2.75. The molecule has 0 spiro atoms. The number of aromatic nitrogens is 3. The summed E-state index contributed by atoms with van der Waals surface area (Å²) in [6.07, 6.45) is 2.70. The molecule has 0 aliphatic heterocycles. The van der Waals surface area contributed by atoms with Gasteiger partial charge in [0.2, 0.25) is 0 Å². The Morgan fingerprint density at radius 2 is 2.15 bits per heavy atom. The number of pyridine rings is 1. The van der Waals surface area contributed by atoms with Crippen LogP contribution in [0.5, 0.6) is 0 Å². The molecule has 0 aliphatic rings. The molecular weight excluding hydrogens is 274 g/mol. The van der Waals surface area contributed by atoms with Gasteiger partial charge in [-0.05, 0) is 32.4 Å². The number of rotatable bonds is 5. The number of hydrogen-bond donors (Lipinski definition) is 0. The molecule has 0 aliphatic carbocycles. The summed E-state index contributed by atoms with van der Waals surface area (Å²) >= 11 is 6.33. The molecule has 106 valence electrons. The second-order valence-corrected chi connectivity index (χ2v) is 4.99. The summed E-state index contributed by atoms with van der Waals surface area (Å²) in [4.78, 5) is 16.6. The normalized spacial score (nSPS) is 10.8. The van der Waals surface area contributed by atoms with Gasteiger partial charge in [-0.15, -0.1) is 0 Å². The summed E-state index contributed by atoms with van der Waals surface area (Å²) in [5.74, 6) is 0.0229. The number of carbonyl (C=O) groups is 1. The van der Waals surface area contributed by atoms with Crippen LogP contribution < -0.4 is 0 Å². The Balaban J connectivity index is 2.33. The first kappa shape index (κ1) is 14.7. The van der Waals surface area contributed by atoms with Crippen molar-refractivity contribution in [2.75, 3.05) is 0 Å². The second-order valence-electron chi connectivity index (χ2n) is 4.61. The lowest BCUT2D eigenvalue weighted by Gasteiger charge is -2.06. The molecule has 2 aromatic rings. The SMILES string of the molecule is CCc1nn(CC)c(CC(=O)c2cccnc2C)c1Cl. The Kier molecular flexibility index (Phi) is 4.55. The van der Waals surface area contributed by atoms with E-state index in [0.29, 0.717) is 17.1 Å². The summed E-state index contributed by atoms with van der Waals surface area (Å²) in [5, 5.41) is 5.05. The number of Topliss-reactive ketones (excluding diaryl/α,β-unsaturated/α-hetero) is 1. The smallest absolute Gasteiger partial charge is 0.170 e. The summed E-state index contributed by atoms with van der Waals surface area (Å²) in [6, 6.07) is 3.57. The monoisotopic (exact) mass is 291 g/mol. The summed E-state index contributed by atoms with van der Waals surface area (Å²) in [6.45, 7) is 6.54. The summed E-state index contributed by atoms with van der Waals surface area (Å²) in [7, 11) is 0. The maximum Gasteiger partial charge on any atom is 0.170 e. The van der Waals surface area contributed by atoms with E-state index in [-0.39, 0.29) is 12.2 Å². The Morgan fingerprint density at radius 1 is 1.40 bits per heavy atom. The van der Waals surface area contributed by atoms with Crippen molar-refractivity contribution in [2.24, 2.45) is 0 Å². The highest BCUT2D eigenvalue weighted by molar-refractivity contribution is 6.32. The number of nitrogens with zero attached hydrogens (tertiary/aromatic N) is 3. The van der Waals surface area contributed by atoms with E-state index in [1.807, 2.05) is 25.5 Å². The maximum atomic E-state index is 12.4. The first-order valence-electron chi connectivity index (χ1n) is 6.77. The highest BCUT2D eigenvalue weighted by Crippen LogP contribution is 2.23. The number of halogens is 1. The lowest BCUT2D eigenvalue weighted by molar-refractivity contribution is 0.0989. The molecule has 0 N–H and O–H groups in total. The number of ketones is 1. The van der Waals surface area contributed by atoms with Crippen molar-refractivity contribution in [3.05, 3.63) is 46.0 Å². The van der Waals surface area contributed by atoms with Crippen molar-refractivity contribution in [3.8, 4) is 0 Å². The largest absolute Gasteiger partial charge is 0.294 e. The number of aryl methyl sites for hydroxylation is 3. The lowest BCUT2D eigenvalue weighted by Crippen LogP contribution is -2.11. The molecule has 0 aromatic carbocycles. The van der Waals surface area contributed by atoms with Crippen LogP contribution in [0.3, 0.4) is 0 Å². The Hall–Kier alpha value is -1.68. The van der Waals surface area contributed by atoms with E-state index in [0.717, 1.165) is 23.5 Å². The van der Waals surface area contributed by atoms with Crippen molar-refractivity contribution < 1.29 is 4.79 Å². The minimum Gasteiger partial charge on any atom is -0.294 e. The van der Waals surface area contributed by atoms with Gasteiger partial charge in [-0.1, -0.05) is 18.5 Å². The molecule has 0 atom stereocenters. The van der Waals surface area contributed by atoms with E-state index in [2.05, 4.69) is 10.1 Å². The van der Waals surface area contributed by atoms with Crippen LogP contribution in [-0.2, 0) is 19.4 Å². The summed E-state index contributed by atoms with van der Waals surface area (Å²) in [5.41, 5.74) is 3.02. The van der Waals surface area contributed by atoms with Gasteiger partial charge in [-0.3, -0.25) is 14.5 Å². The molecule has 4 nitrogen and oxygen atoms in total. The minimum atomic E-state index is 0.0229. The highest BCUT2D eigenvalue weighted by Gasteiger charge is 2.19. The van der Waals surface area contributed by atoms with Crippen LogP contribution in [-0.4, -0.2) is 20.5 Å². The van der Waals surface area contributed by atoms with Crippen molar-refractivity contribution in [3.63, 3.8) is 0 Å². The van der Waals surface area contributed by atoms with Gasteiger partial charge in [0.15, 0.2) is 5.78 Å². The van der Waals surface area contributed by atoms with E-state index in [9.17, 15) is 4.79 Å². The Morgan fingerprint density at radius 3 is 2.75 bits per heavy atom. The quantitative estimate of drug-likeness (QED) is 0.795. The van der Waals surface area contributed by atoms with Gasteiger partial charge in [0.25, 0.3) is 0 Å². The van der Waals surface area contributed by atoms with Crippen LogP contribution in [0.1, 0.15) is 41.3 Å². The first-order valence-corrected chi connectivity index (χ1v) is 7.15. The third-order valence-corrected chi connectivity index (χ3v) is 3.77. The zero-order valence-corrected chi connectivity index (χ0v) is 12.7. The third-order valence-electron chi connectivity index (χ3n) is 3.33. The van der Waals surface area contributed by atoms with Crippen LogP contribution in [0, 0.1) is 6.92 Å². The van der Waals surface area contributed by atoms with E-state index >= 15 is 0 Å². The molecule has 0 saturated heterocycles. The second kappa shape index (κ2) is 6.18. The molecule has 0 unspecified atom stereocenters. The molecule has 20 heavy (non-hydrogen) atoms. The Bertz CT molecular complexity index is 634. The van der Waals surface area contributed by atoms with Gasteiger partial charge < -0.3 is 0 Å². The van der Waals surface area contributed by atoms with Crippen LogP contribution >= 0.6 is 11.6 Å². The van der Waals surface area contributed by atoms with E-state index in [4.69, 9.17) is 11.6 Å². The molecule has 0 amide bonds. The van der Waals surface area contributed by atoms with Crippen LogP contribution in [0.4, 0.5) is 0 Å². The molecule has 0 fully saturated rings. The molecule has 2 heterocycles. The fourth-order valence-corrected chi connectivity index (χ4v) is 2.55. The fraction of sp³-hybridized carbons (Fsp3) is 0.400. The van der Waals surface area contributed by atoms with E-state index in [1.54, 1.807) is 18.3 Å². The van der Waals surface area contributed by atoms with E-state index in [1.165, 1.54) is 0 Å². The predicted octanol–water partition coefficient (Wildman–Crippen LogP) is 3.25. The molecule has 2 rings (SSSR count). The van der Waals surface area contributed by atoms with Gasteiger partial charge >= 0.3 is 0 Å². The molecule has 0 saturated carbocycles. The standard InChI is InChI=1S/C15H18ClN3O/c1-4-12-15(16)13(19(5-2)18-12)9-14(20)11-7-6-8-17-10(11)3/h6-8H,4-5,9H2,1-3H3. The zero-order valence-electron chi connectivity index (χ0n) is 12.0. The van der Waals surface area contributed by atoms with Crippen LogP contribution in [0.2, 0.25) is 5.02 Å². The predicted molar refractivity (Wildman–Crippen MR) is 79.3 cm³/mol. The molecular formula is C15H18ClN3O. The summed E-state index contributed by atoms with van der Waals surface area (Å²) < 4.78 is 1.81. The van der Waals surface area contributed by atoms with Crippen molar-refractivity contribution >= 4 is 17.4 Å². The fourth-order valence-electron chi connectivity index (χ4n) is 2.21. The van der Waals surface area contributed by atoms with Gasteiger partial charge in [0.1, 0.15) is 0 Å². The van der Waals surface area contributed by atoms with Gasteiger partial charge in [0.05, 0.1) is 22.8 Å². The van der Waals surface area contributed by atoms with Crippen molar-refractivity contribution in [1.29, 1.82) is 0 Å². The average Bonchev–Trinajstić information content (AvgIpc) is 2.75. The maximum absolute atomic E-state index is 12.4. The number of hydrogen-bond acceptors (Lipinski definition) is 3. The van der Waals surface area contributed by atoms with Gasteiger partial charge in [-0.2, -0.15) is 5.10 Å². The van der Waals surface area contributed by atoms with Gasteiger partial charge in [-0.25, -0.2) is 0 Å². The zero-order chi connectivity index (χ0) is 14.7. The molecule has 0 bridgehead atoms. The van der Waals surface area contributed by atoms with Crippen molar-refractivity contribution in [1.82, 2.24) is 14.8 Å². The number of carbonyl (C=O) groups excluding carboxylic acids is 1. The van der Waals surface area contributed by atoms with Crippen molar-refractivity contribution in [2.45, 2.75) is 40.2 Å². The Labute approximate surface area is 123 Å². The van der Waals surface area contributed by atoms with Crippen LogP contribution in [0.25, 0.3) is 0 Å².